The number of nitriles is 1. The molecule has 3 aromatic rings. The van der Waals surface area contributed by atoms with Crippen molar-refractivity contribution in [2.75, 3.05) is 0 Å². The predicted octanol–water partition coefficient (Wildman–Crippen LogP) is 5.00. The largest absolute Gasteiger partial charge is 0.235 e. The van der Waals surface area contributed by atoms with Crippen molar-refractivity contribution in [1.82, 2.24) is 4.98 Å². The lowest BCUT2D eigenvalue weighted by Crippen LogP contribution is -1.83. The van der Waals surface area contributed by atoms with Crippen LogP contribution < -0.4 is 0 Å². The Kier molecular flexibility index (Phi) is 3.81. The van der Waals surface area contributed by atoms with Gasteiger partial charge in [-0.25, -0.2) is 4.98 Å². The molecule has 2 nitrogen and oxygen atoms in total. The summed E-state index contributed by atoms with van der Waals surface area (Å²) in [5.74, 6) is 0. The SMILES string of the molecule is CC.N#Cc1ccc2c(c1)nc(Cl)c1ccsc12. The Bertz CT molecular complexity index is 740. The van der Waals surface area contributed by atoms with Crippen molar-refractivity contribution >= 4 is 43.9 Å². The fourth-order valence-electron chi connectivity index (χ4n) is 1.73. The number of hydrogen-bond donors (Lipinski definition) is 0. The Labute approximate surface area is 114 Å². The number of aromatic nitrogens is 1. The molecule has 0 spiro atoms. The fraction of sp³-hybridized carbons (Fsp3) is 0.143. The van der Waals surface area contributed by atoms with E-state index < -0.39 is 0 Å². The quantitative estimate of drug-likeness (QED) is 0.541. The minimum absolute atomic E-state index is 0.499. The molecule has 0 saturated heterocycles. The lowest BCUT2D eigenvalue weighted by molar-refractivity contribution is 1.43. The van der Waals surface area contributed by atoms with Crippen LogP contribution in [-0.2, 0) is 0 Å². The molecule has 0 bridgehead atoms. The van der Waals surface area contributed by atoms with E-state index in [9.17, 15) is 0 Å². The number of thiophene rings is 1. The van der Waals surface area contributed by atoms with Crippen molar-refractivity contribution in [2.45, 2.75) is 13.8 Å². The molecule has 90 valence electrons. The molecule has 0 unspecified atom stereocenters. The molecular weight excluding hydrogens is 264 g/mol. The molecule has 0 fully saturated rings. The van der Waals surface area contributed by atoms with E-state index in [0.29, 0.717) is 10.7 Å². The Hall–Kier alpha value is -1.63. The van der Waals surface area contributed by atoms with E-state index in [-0.39, 0.29) is 0 Å². The molecule has 0 saturated carbocycles. The summed E-state index contributed by atoms with van der Waals surface area (Å²) in [5.41, 5.74) is 1.38. The van der Waals surface area contributed by atoms with Crippen molar-refractivity contribution in [2.24, 2.45) is 0 Å². The second-order valence-corrected chi connectivity index (χ2v) is 4.68. The minimum atomic E-state index is 0.499. The van der Waals surface area contributed by atoms with E-state index >= 15 is 0 Å². The molecule has 0 radical (unpaired) electrons. The maximum absolute atomic E-state index is 8.83. The van der Waals surface area contributed by atoms with Crippen LogP contribution in [-0.4, -0.2) is 4.98 Å². The van der Waals surface area contributed by atoms with Crippen LogP contribution in [0.4, 0.5) is 0 Å². The zero-order valence-corrected chi connectivity index (χ0v) is 11.6. The van der Waals surface area contributed by atoms with Gasteiger partial charge >= 0.3 is 0 Å². The average Bonchev–Trinajstić information content (AvgIpc) is 2.90. The monoisotopic (exact) mass is 274 g/mol. The van der Waals surface area contributed by atoms with Crippen molar-refractivity contribution in [3.8, 4) is 6.07 Å². The van der Waals surface area contributed by atoms with Gasteiger partial charge in [0.15, 0.2) is 0 Å². The maximum atomic E-state index is 8.83. The summed E-state index contributed by atoms with van der Waals surface area (Å²) in [5, 5.41) is 13.4. The lowest BCUT2D eigenvalue weighted by Gasteiger charge is -2.01. The number of nitrogens with zero attached hydrogens (tertiary/aromatic N) is 2. The zero-order valence-electron chi connectivity index (χ0n) is 10.1. The van der Waals surface area contributed by atoms with E-state index in [2.05, 4.69) is 11.1 Å². The van der Waals surface area contributed by atoms with Gasteiger partial charge in [-0.05, 0) is 23.6 Å². The van der Waals surface area contributed by atoms with Crippen LogP contribution in [0.1, 0.15) is 19.4 Å². The summed E-state index contributed by atoms with van der Waals surface area (Å²) in [6.07, 6.45) is 0. The third kappa shape index (κ3) is 2.05. The standard InChI is InChI=1S/C12H5ClN2S.C2H6/c13-12-9-3-4-16-11(9)8-2-1-7(6-14)5-10(8)15-12;1-2/h1-5H;1-2H3. The topological polar surface area (TPSA) is 36.7 Å². The number of halogens is 1. The summed E-state index contributed by atoms with van der Waals surface area (Å²) in [4.78, 5) is 4.31. The third-order valence-electron chi connectivity index (χ3n) is 2.48. The van der Waals surface area contributed by atoms with Gasteiger partial charge in [-0.3, -0.25) is 0 Å². The highest BCUT2D eigenvalue weighted by molar-refractivity contribution is 7.18. The lowest BCUT2D eigenvalue weighted by atomic mass is 10.1. The van der Waals surface area contributed by atoms with Crippen molar-refractivity contribution in [1.29, 1.82) is 5.26 Å². The molecule has 18 heavy (non-hydrogen) atoms. The first kappa shape index (κ1) is 12.8. The first-order valence-electron chi connectivity index (χ1n) is 5.66. The van der Waals surface area contributed by atoms with E-state index in [0.717, 1.165) is 21.0 Å². The van der Waals surface area contributed by atoms with Crippen LogP contribution in [0, 0.1) is 11.3 Å². The second-order valence-electron chi connectivity index (χ2n) is 3.41. The highest BCUT2D eigenvalue weighted by atomic mass is 35.5. The van der Waals surface area contributed by atoms with Gasteiger partial charge in [0.2, 0.25) is 0 Å². The maximum Gasteiger partial charge on any atom is 0.138 e. The van der Waals surface area contributed by atoms with Crippen LogP contribution in [0.5, 0.6) is 0 Å². The van der Waals surface area contributed by atoms with Gasteiger partial charge in [0.1, 0.15) is 5.15 Å². The molecule has 0 aliphatic carbocycles. The van der Waals surface area contributed by atoms with Crippen molar-refractivity contribution in [3.05, 3.63) is 40.4 Å². The first-order chi connectivity index (χ1) is 8.79. The summed E-state index contributed by atoms with van der Waals surface area (Å²) in [6.45, 7) is 4.00. The third-order valence-corrected chi connectivity index (χ3v) is 3.71. The van der Waals surface area contributed by atoms with Crippen LogP contribution >= 0.6 is 22.9 Å². The molecule has 0 aliphatic rings. The highest BCUT2D eigenvalue weighted by Gasteiger charge is 2.08. The summed E-state index contributed by atoms with van der Waals surface area (Å²) in [6, 6.07) is 9.56. The molecule has 3 rings (SSSR count). The predicted molar refractivity (Wildman–Crippen MR) is 78.2 cm³/mol. The fourth-order valence-corrected chi connectivity index (χ4v) is 2.97. The number of hydrogen-bond acceptors (Lipinski definition) is 3. The average molecular weight is 275 g/mol. The minimum Gasteiger partial charge on any atom is -0.235 e. The normalized spacial score (nSPS) is 9.89. The number of rotatable bonds is 0. The Morgan fingerprint density at radius 1 is 1.22 bits per heavy atom. The first-order valence-corrected chi connectivity index (χ1v) is 6.92. The van der Waals surface area contributed by atoms with Gasteiger partial charge < -0.3 is 0 Å². The van der Waals surface area contributed by atoms with E-state index in [1.807, 2.05) is 31.4 Å². The molecule has 0 atom stereocenters. The van der Waals surface area contributed by atoms with Crippen LogP contribution in [0.3, 0.4) is 0 Å². The van der Waals surface area contributed by atoms with E-state index in [1.54, 1.807) is 23.5 Å². The van der Waals surface area contributed by atoms with Crippen LogP contribution in [0.2, 0.25) is 5.15 Å². The van der Waals surface area contributed by atoms with Gasteiger partial charge in [-0.15, -0.1) is 11.3 Å². The number of benzene rings is 1. The van der Waals surface area contributed by atoms with Gasteiger partial charge in [-0.1, -0.05) is 31.5 Å². The van der Waals surface area contributed by atoms with Crippen LogP contribution in [0.25, 0.3) is 21.0 Å². The second kappa shape index (κ2) is 5.34. The van der Waals surface area contributed by atoms with Gasteiger partial charge in [0.05, 0.1) is 17.1 Å². The number of fused-ring (bicyclic) bond motifs is 3. The molecule has 0 amide bonds. The van der Waals surface area contributed by atoms with Gasteiger partial charge in [-0.2, -0.15) is 5.26 Å². The molecule has 0 aliphatic heterocycles. The van der Waals surface area contributed by atoms with E-state index in [4.69, 9.17) is 16.9 Å². The molecular formula is C14H11ClN2S. The molecule has 2 aromatic heterocycles. The Morgan fingerprint density at radius 3 is 2.72 bits per heavy atom. The van der Waals surface area contributed by atoms with Gasteiger partial charge in [0, 0.05) is 15.5 Å². The number of pyridine rings is 1. The smallest absolute Gasteiger partial charge is 0.138 e. The Morgan fingerprint density at radius 2 is 2.00 bits per heavy atom. The molecule has 1 aromatic carbocycles. The van der Waals surface area contributed by atoms with Crippen molar-refractivity contribution in [3.63, 3.8) is 0 Å². The summed E-state index contributed by atoms with van der Waals surface area (Å²) < 4.78 is 1.12. The molecule has 0 N–H and O–H groups in total. The Balaban J connectivity index is 0.000000574. The zero-order chi connectivity index (χ0) is 13.1. The van der Waals surface area contributed by atoms with Gasteiger partial charge in [0.25, 0.3) is 0 Å². The van der Waals surface area contributed by atoms with Crippen molar-refractivity contribution < 1.29 is 0 Å². The molecule has 4 heteroatoms. The summed E-state index contributed by atoms with van der Waals surface area (Å²) >= 11 is 7.72. The highest BCUT2D eigenvalue weighted by Crippen LogP contribution is 2.33. The summed E-state index contributed by atoms with van der Waals surface area (Å²) in [7, 11) is 0. The van der Waals surface area contributed by atoms with Crippen LogP contribution in [0.15, 0.2) is 29.6 Å². The van der Waals surface area contributed by atoms with E-state index in [1.165, 1.54) is 0 Å². The molecule has 2 heterocycles.